The van der Waals surface area contributed by atoms with E-state index in [1.807, 2.05) is 6.08 Å². The molecule has 0 aromatic rings. The van der Waals surface area contributed by atoms with Crippen molar-refractivity contribution in [2.45, 2.75) is 258 Å². The summed E-state index contributed by atoms with van der Waals surface area (Å²) in [7, 11) is 0. The third-order valence-electron chi connectivity index (χ3n) is 11.4. The summed E-state index contributed by atoms with van der Waals surface area (Å²) in [6, 6.07) is 0. The predicted molar refractivity (Wildman–Crippen MR) is 279 cm³/mol. The van der Waals surface area contributed by atoms with E-state index < -0.39 is 6.10 Å². The number of allylic oxidation sites excluding steroid dienone is 14. The van der Waals surface area contributed by atoms with Crippen molar-refractivity contribution in [2.75, 3.05) is 13.2 Å². The molecule has 0 radical (unpaired) electrons. The van der Waals surface area contributed by atoms with Crippen molar-refractivity contribution in [2.24, 2.45) is 0 Å². The Hall–Kier alpha value is -3.41. The Kier molecular flexibility index (Phi) is 50.4. The van der Waals surface area contributed by atoms with Crippen LogP contribution >= 0.6 is 0 Å². The van der Waals surface area contributed by atoms with Crippen LogP contribution in [0.5, 0.6) is 0 Å². The number of esters is 3. The fourth-order valence-corrected chi connectivity index (χ4v) is 7.35. The summed E-state index contributed by atoms with van der Waals surface area (Å²) < 4.78 is 16.7. The number of hydrogen-bond donors (Lipinski definition) is 0. The predicted octanol–water partition coefficient (Wildman–Crippen LogP) is 18.0. The van der Waals surface area contributed by atoms with Crippen molar-refractivity contribution in [3.63, 3.8) is 0 Å². The zero-order chi connectivity index (χ0) is 47.2. The highest BCUT2D eigenvalue weighted by molar-refractivity contribution is 5.71. The van der Waals surface area contributed by atoms with E-state index in [1.54, 1.807) is 0 Å². The second-order valence-corrected chi connectivity index (χ2v) is 17.8. The largest absolute Gasteiger partial charge is 0.462 e. The zero-order valence-corrected chi connectivity index (χ0v) is 42.5. The van der Waals surface area contributed by atoms with Crippen LogP contribution in [0.3, 0.4) is 0 Å². The molecule has 65 heavy (non-hydrogen) atoms. The van der Waals surface area contributed by atoms with Gasteiger partial charge in [0.2, 0.25) is 0 Å². The average molecular weight is 905 g/mol. The number of rotatable bonds is 48. The first-order chi connectivity index (χ1) is 32.0. The molecule has 0 amide bonds. The van der Waals surface area contributed by atoms with Crippen LogP contribution in [0.25, 0.3) is 0 Å². The number of carbonyl (C=O) groups is 3. The van der Waals surface area contributed by atoms with Gasteiger partial charge in [0.15, 0.2) is 6.10 Å². The Morgan fingerprint density at radius 1 is 0.323 bits per heavy atom. The lowest BCUT2D eigenvalue weighted by Crippen LogP contribution is -2.30. The summed E-state index contributed by atoms with van der Waals surface area (Å²) in [6.45, 7) is 6.45. The van der Waals surface area contributed by atoms with Gasteiger partial charge in [0, 0.05) is 19.3 Å². The molecule has 0 bridgehead atoms. The summed E-state index contributed by atoms with van der Waals surface area (Å²) in [5.74, 6) is -0.995. The lowest BCUT2D eigenvalue weighted by molar-refractivity contribution is -0.166. The first-order valence-electron chi connectivity index (χ1n) is 27.1. The van der Waals surface area contributed by atoms with Crippen molar-refractivity contribution >= 4 is 17.9 Å². The Balaban J connectivity index is 4.50. The lowest BCUT2D eigenvalue weighted by atomic mass is 10.0. The zero-order valence-electron chi connectivity index (χ0n) is 42.5. The highest BCUT2D eigenvalue weighted by Gasteiger charge is 2.19. The monoisotopic (exact) mass is 905 g/mol. The minimum Gasteiger partial charge on any atom is -0.462 e. The SMILES string of the molecule is CC/C=C/C/C=C/C/C=C/C/C=C/C/C=C/C/C=C/CCC(=O)OC[C@@H](COC(=O)CCCCCCCCCCCCCCCC)OC(=O)CCCCCCC/C=C/CCCCCCC. The molecule has 0 aliphatic rings. The minimum atomic E-state index is -0.809. The van der Waals surface area contributed by atoms with Crippen molar-refractivity contribution in [3.05, 3.63) is 85.1 Å². The minimum absolute atomic E-state index is 0.101. The Morgan fingerprint density at radius 2 is 0.631 bits per heavy atom. The van der Waals surface area contributed by atoms with Gasteiger partial charge in [-0.3, -0.25) is 14.4 Å². The molecule has 0 saturated carbocycles. The van der Waals surface area contributed by atoms with Crippen molar-refractivity contribution < 1.29 is 28.6 Å². The number of ether oxygens (including phenoxy) is 3. The Labute approximate surface area is 401 Å². The fourth-order valence-electron chi connectivity index (χ4n) is 7.35. The van der Waals surface area contributed by atoms with Gasteiger partial charge in [-0.15, -0.1) is 0 Å². The van der Waals surface area contributed by atoms with E-state index in [4.69, 9.17) is 14.2 Å². The Morgan fingerprint density at radius 3 is 1.03 bits per heavy atom. The normalized spacial score (nSPS) is 12.7. The quantitative estimate of drug-likeness (QED) is 0.0262. The molecule has 0 aliphatic heterocycles. The maximum absolute atomic E-state index is 12.8. The fraction of sp³-hybridized carbons (Fsp3) is 0.712. The summed E-state index contributed by atoms with van der Waals surface area (Å²) in [6.07, 6.45) is 68.6. The molecule has 0 heterocycles. The highest BCUT2D eigenvalue weighted by Crippen LogP contribution is 2.15. The van der Waals surface area contributed by atoms with Crippen LogP contribution in [0, 0.1) is 0 Å². The molecule has 372 valence electrons. The molecule has 0 aliphatic carbocycles. The van der Waals surface area contributed by atoms with Gasteiger partial charge in [-0.1, -0.05) is 234 Å². The standard InChI is InChI=1S/C59H100O6/c1-4-7-10-13-16-19-22-25-28-29-30-31-32-35-37-40-43-46-49-52-58(61)64-55-56(65-59(62)53-50-47-44-41-38-34-27-24-21-18-15-12-9-6-3)54-63-57(60)51-48-45-42-39-36-33-26-23-20-17-14-11-8-5-2/h7,10,16,19,24-25,27-28,30-31,35,37,43,46,56H,4-6,8-9,11-15,17-18,20-23,26,29,32-34,36,38-42,44-45,47-55H2,1-3H3/b10-7+,19-16+,27-24+,28-25+,31-30+,37-35+,46-43+/t56-/m1/s1. The van der Waals surface area contributed by atoms with Crippen molar-refractivity contribution in [3.8, 4) is 0 Å². The summed E-state index contributed by atoms with van der Waals surface area (Å²) >= 11 is 0. The van der Waals surface area contributed by atoms with E-state index in [0.717, 1.165) is 89.9 Å². The van der Waals surface area contributed by atoms with E-state index in [1.165, 1.54) is 116 Å². The molecule has 0 unspecified atom stereocenters. The second kappa shape index (κ2) is 53.2. The molecule has 0 saturated heterocycles. The lowest BCUT2D eigenvalue weighted by Gasteiger charge is -2.18. The maximum Gasteiger partial charge on any atom is 0.306 e. The number of unbranched alkanes of at least 4 members (excludes halogenated alkanes) is 23. The third kappa shape index (κ3) is 51.4. The van der Waals surface area contributed by atoms with Gasteiger partial charge in [-0.05, 0) is 83.5 Å². The van der Waals surface area contributed by atoms with Gasteiger partial charge in [0.05, 0.1) is 0 Å². The number of hydrogen-bond acceptors (Lipinski definition) is 6. The van der Waals surface area contributed by atoms with Crippen LogP contribution in [-0.2, 0) is 28.6 Å². The smallest absolute Gasteiger partial charge is 0.306 e. The molecule has 6 nitrogen and oxygen atoms in total. The first kappa shape index (κ1) is 61.6. The third-order valence-corrected chi connectivity index (χ3v) is 11.4. The van der Waals surface area contributed by atoms with Gasteiger partial charge in [-0.25, -0.2) is 0 Å². The molecule has 1 atom stereocenters. The Bertz CT molecular complexity index is 1270. The molecule has 0 N–H and O–H groups in total. The van der Waals surface area contributed by atoms with E-state index in [-0.39, 0.29) is 37.5 Å². The van der Waals surface area contributed by atoms with Gasteiger partial charge in [0.1, 0.15) is 13.2 Å². The van der Waals surface area contributed by atoms with Crippen molar-refractivity contribution in [1.29, 1.82) is 0 Å². The molecule has 0 aromatic heterocycles. The van der Waals surface area contributed by atoms with Crippen LogP contribution < -0.4 is 0 Å². The van der Waals surface area contributed by atoms with Crippen LogP contribution in [0.1, 0.15) is 252 Å². The first-order valence-corrected chi connectivity index (χ1v) is 27.1. The van der Waals surface area contributed by atoms with Gasteiger partial charge < -0.3 is 14.2 Å². The number of carbonyl (C=O) groups excluding carboxylic acids is 3. The second-order valence-electron chi connectivity index (χ2n) is 17.8. The molecular weight excluding hydrogens is 805 g/mol. The summed E-state index contributed by atoms with van der Waals surface area (Å²) in [5.41, 5.74) is 0. The van der Waals surface area contributed by atoms with E-state index in [0.29, 0.717) is 19.3 Å². The maximum atomic E-state index is 12.8. The molecule has 6 heteroatoms. The highest BCUT2D eigenvalue weighted by atomic mass is 16.6. The molecule has 0 spiro atoms. The molecule has 0 aromatic carbocycles. The molecule has 0 fully saturated rings. The van der Waals surface area contributed by atoms with Gasteiger partial charge >= 0.3 is 17.9 Å². The summed E-state index contributed by atoms with van der Waals surface area (Å²) in [4.78, 5) is 38.0. The van der Waals surface area contributed by atoms with Crippen molar-refractivity contribution in [1.82, 2.24) is 0 Å². The topological polar surface area (TPSA) is 78.9 Å². The summed E-state index contributed by atoms with van der Waals surface area (Å²) in [5, 5.41) is 0. The van der Waals surface area contributed by atoms with E-state index in [9.17, 15) is 14.4 Å². The van der Waals surface area contributed by atoms with Crippen LogP contribution in [-0.4, -0.2) is 37.2 Å². The van der Waals surface area contributed by atoms with E-state index >= 15 is 0 Å². The van der Waals surface area contributed by atoms with Crippen LogP contribution in [0.4, 0.5) is 0 Å². The van der Waals surface area contributed by atoms with Crippen LogP contribution in [0.15, 0.2) is 85.1 Å². The van der Waals surface area contributed by atoms with E-state index in [2.05, 4.69) is 99.8 Å². The molecular formula is C59H100O6. The molecule has 0 rings (SSSR count). The average Bonchev–Trinajstić information content (AvgIpc) is 3.30. The van der Waals surface area contributed by atoms with Gasteiger partial charge in [0.25, 0.3) is 0 Å². The van der Waals surface area contributed by atoms with Gasteiger partial charge in [-0.2, -0.15) is 0 Å². The van der Waals surface area contributed by atoms with Crippen LogP contribution in [0.2, 0.25) is 0 Å².